The number of hydrogen-bond acceptors (Lipinski definition) is 4. The second-order valence-corrected chi connectivity index (χ2v) is 6.30. The SMILES string of the molecule is CCCNC(=O)CCN=C(NCC)N1CCN(c2ccccc2O)CC1. The number of amides is 1. The molecule has 0 aromatic heterocycles. The van der Waals surface area contributed by atoms with Crippen molar-refractivity contribution in [2.45, 2.75) is 26.7 Å². The number of hydrogen-bond donors (Lipinski definition) is 3. The van der Waals surface area contributed by atoms with Crippen LogP contribution in [0.2, 0.25) is 0 Å². The van der Waals surface area contributed by atoms with Crippen LogP contribution in [0.3, 0.4) is 0 Å². The molecule has 1 aliphatic rings. The summed E-state index contributed by atoms with van der Waals surface area (Å²) >= 11 is 0. The fraction of sp³-hybridized carbons (Fsp3) is 0.579. The molecule has 1 aliphatic heterocycles. The lowest BCUT2D eigenvalue weighted by atomic mass is 10.2. The van der Waals surface area contributed by atoms with Gasteiger partial charge in [0, 0.05) is 45.7 Å². The number of phenolic OH excluding ortho intramolecular Hbond substituents is 1. The molecular formula is C19H31N5O2. The van der Waals surface area contributed by atoms with Crippen LogP contribution >= 0.6 is 0 Å². The summed E-state index contributed by atoms with van der Waals surface area (Å²) < 4.78 is 0. The van der Waals surface area contributed by atoms with Crippen molar-refractivity contribution < 1.29 is 9.90 Å². The number of phenols is 1. The summed E-state index contributed by atoms with van der Waals surface area (Å²) in [4.78, 5) is 20.7. The molecule has 1 heterocycles. The molecule has 0 atom stereocenters. The molecule has 0 aliphatic carbocycles. The molecule has 7 nitrogen and oxygen atoms in total. The van der Waals surface area contributed by atoms with E-state index in [2.05, 4.69) is 25.4 Å². The number of benzene rings is 1. The number of piperazine rings is 1. The molecule has 0 spiro atoms. The normalized spacial score (nSPS) is 15.1. The molecule has 0 saturated carbocycles. The second-order valence-electron chi connectivity index (χ2n) is 6.30. The van der Waals surface area contributed by atoms with Gasteiger partial charge in [-0.15, -0.1) is 0 Å². The van der Waals surface area contributed by atoms with Gasteiger partial charge < -0.3 is 25.5 Å². The Morgan fingerprint density at radius 3 is 2.54 bits per heavy atom. The van der Waals surface area contributed by atoms with Crippen molar-refractivity contribution in [1.82, 2.24) is 15.5 Å². The van der Waals surface area contributed by atoms with E-state index in [1.807, 2.05) is 32.0 Å². The topological polar surface area (TPSA) is 80.2 Å². The third kappa shape index (κ3) is 5.82. The highest BCUT2D eigenvalue weighted by atomic mass is 16.3. The molecule has 7 heteroatoms. The monoisotopic (exact) mass is 361 g/mol. The molecule has 3 N–H and O–H groups in total. The van der Waals surface area contributed by atoms with Crippen LogP contribution in [0.5, 0.6) is 5.75 Å². The average Bonchev–Trinajstić information content (AvgIpc) is 2.66. The standard InChI is InChI=1S/C19H31N5O2/c1-3-10-21-18(26)9-11-22-19(20-4-2)24-14-12-23(13-15-24)16-7-5-6-8-17(16)25/h5-8,25H,3-4,9-15H2,1-2H3,(H,20,22)(H,21,26). The van der Waals surface area contributed by atoms with E-state index >= 15 is 0 Å². The van der Waals surface area contributed by atoms with Crippen molar-refractivity contribution in [2.75, 3.05) is 50.7 Å². The van der Waals surface area contributed by atoms with Gasteiger partial charge in [-0.3, -0.25) is 9.79 Å². The molecule has 0 unspecified atom stereocenters. The van der Waals surface area contributed by atoms with E-state index in [0.29, 0.717) is 18.7 Å². The lowest BCUT2D eigenvalue weighted by molar-refractivity contribution is -0.120. The van der Waals surface area contributed by atoms with Crippen molar-refractivity contribution in [3.63, 3.8) is 0 Å². The predicted molar refractivity (Wildman–Crippen MR) is 106 cm³/mol. The van der Waals surface area contributed by atoms with E-state index in [1.54, 1.807) is 6.07 Å². The van der Waals surface area contributed by atoms with E-state index in [0.717, 1.165) is 57.3 Å². The number of nitrogens with zero attached hydrogens (tertiary/aromatic N) is 3. The first kappa shape index (κ1) is 19.9. The van der Waals surface area contributed by atoms with Crippen LogP contribution in [0.1, 0.15) is 26.7 Å². The predicted octanol–water partition coefficient (Wildman–Crippen LogP) is 1.40. The minimum absolute atomic E-state index is 0.0517. The molecule has 1 amide bonds. The van der Waals surface area contributed by atoms with E-state index in [4.69, 9.17) is 0 Å². The minimum Gasteiger partial charge on any atom is -0.506 e. The number of aliphatic imine (C=N–C) groups is 1. The number of anilines is 1. The smallest absolute Gasteiger partial charge is 0.221 e. The summed E-state index contributed by atoms with van der Waals surface area (Å²) in [7, 11) is 0. The Balaban J connectivity index is 1.88. The molecule has 2 rings (SSSR count). The van der Waals surface area contributed by atoms with Crippen molar-refractivity contribution in [3.8, 4) is 5.75 Å². The third-order valence-corrected chi connectivity index (χ3v) is 4.31. The molecule has 0 radical (unpaired) electrons. The second kappa shape index (κ2) is 10.5. The van der Waals surface area contributed by atoms with Crippen molar-refractivity contribution >= 4 is 17.6 Å². The Kier molecular flexibility index (Phi) is 8.05. The molecule has 144 valence electrons. The number of carbonyl (C=O) groups is 1. The van der Waals surface area contributed by atoms with Gasteiger partial charge in [-0.2, -0.15) is 0 Å². The molecule has 1 aromatic rings. The summed E-state index contributed by atoms with van der Waals surface area (Å²) in [6.07, 6.45) is 1.35. The summed E-state index contributed by atoms with van der Waals surface area (Å²) in [5.74, 6) is 1.23. The highest BCUT2D eigenvalue weighted by Gasteiger charge is 2.21. The fourth-order valence-corrected chi connectivity index (χ4v) is 2.93. The Labute approximate surface area is 156 Å². The van der Waals surface area contributed by atoms with Crippen LogP contribution in [-0.2, 0) is 4.79 Å². The summed E-state index contributed by atoms with van der Waals surface area (Å²) in [5, 5.41) is 16.2. The maximum atomic E-state index is 11.7. The van der Waals surface area contributed by atoms with Crippen LogP contribution in [-0.4, -0.2) is 67.7 Å². The Bertz CT molecular complexity index is 597. The molecule has 1 fully saturated rings. The van der Waals surface area contributed by atoms with Crippen molar-refractivity contribution in [2.24, 2.45) is 4.99 Å². The van der Waals surface area contributed by atoms with Gasteiger partial charge in [0.25, 0.3) is 0 Å². The zero-order valence-corrected chi connectivity index (χ0v) is 15.9. The first-order valence-electron chi connectivity index (χ1n) is 9.48. The highest BCUT2D eigenvalue weighted by molar-refractivity contribution is 5.81. The maximum absolute atomic E-state index is 11.7. The maximum Gasteiger partial charge on any atom is 0.221 e. The number of guanidine groups is 1. The molecular weight excluding hydrogens is 330 g/mol. The Morgan fingerprint density at radius 1 is 1.15 bits per heavy atom. The molecule has 1 saturated heterocycles. The average molecular weight is 361 g/mol. The van der Waals surface area contributed by atoms with Crippen LogP contribution in [0.4, 0.5) is 5.69 Å². The van der Waals surface area contributed by atoms with Crippen molar-refractivity contribution in [3.05, 3.63) is 24.3 Å². The number of aromatic hydroxyl groups is 1. The van der Waals surface area contributed by atoms with Crippen LogP contribution in [0.25, 0.3) is 0 Å². The lowest BCUT2D eigenvalue weighted by Crippen LogP contribution is -2.52. The Hall–Kier alpha value is -2.44. The quantitative estimate of drug-likeness (QED) is 0.505. The summed E-state index contributed by atoms with van der Waals surface area (Å²) in [6, 6.07) is 7.44. The van der Waals surface area contributed by atoms with Gasteiger partial charge in [0.15, 0.2) is 5.96 Å². The summed E-state index contributed by atoms with van der Waals surface area (Å²) in [6.45, 7) is 9.36. The number of nitrogens with one attached hydrogen (secondary N) is 2. The Morgan fingerprint density at radius 2 is 1.88 bits per heavy atom. The van der Waals surface area contributed by atoms with E-state index < -0.39 is 0 Å². The molecule has 1 aromatic carbocycles. The van der Waals surface area contributed by atoms with Gasteiger partial charge in [0.05, 0.1) is 12.2 Å². The fourth-order valence-electron chi connectivity index (χ4n) is 2.93. The first-order valence-corrected chi connectivity index (χ1v) is 9.48. The number of rotatable bonds is 7. The number of para-hydroxylation sites is 2. The van der Waals surface area contributed by atoms with E-state index in [9.17, 15) is 9.90 Å². The van der Waals surface area contributed by atoms with E-state index in [-0.39, 0.29) is 5.91 Å². The lowest BCUT2D eigenvalue weighted by Gasteiger charge is -2.37. The molecule has 26 heavy (non-hydrogen) atoms. The van der Waals surface area contributed by atoms with Gasteiger partial charge >= 0.3 is 0 Å². The number of carbonyl (C=O) groups excluding carboxylic acids is 1. The third-order valence-electron chi connectivity index (χ3n) is 4.31. The van der Waals surface area contributed by atoms with Crippen molar-refractivity contribution in [1.29, 1.82) is 0 Å². The highest BCUT2D eigenvalue weighted by Crippen LogP contribution is 2.27. The van der Waals surface area contributed by atoms with Crippen LogP contribution in [0, 0.1) is 0 Å². The van der Waals surface area contributed by atoms with Gasteiger partial charge in [-0.25, -0.2) is 0 Å². The zero-order valence-electron chi connectivity index (χ0n) is 15.9. The zero-order chi connectivity index (χ0) is 18.8. The van der Waals surface area contributed by atoms with Gasteiger partial charge in [-0.05, 0) is 25.5 Å². The summed E-state index contributed by atoms with van der Waals surface area (Å²) in [5.41, 5.74) is 0.877. The van der Waals surface area contributed by atoms with Crippen LogP contribution < -0.4 is 15.5 Å². The van der Waals surface area contributed by atoms with Gasteiger partial charge in [0.2, 0.25) is 5.91 Å². The van der Waals surface area contributed by atoms with E-state index in [1.165, 1.54) is 0 Å². The molecule has 0 bridgehead atoms. The largest absolute Gasteiger partial charge is 0.506 e. The van der Waals surface area contributed by atoms with Crippen LogP contribution in [0.15, 0.2) is 29.3 Å². The van der Waals surface area contributed by atoms with Gasteiger partial charge in [0.1, 0.15) is 5.75 Å². The first-order chi connectivity index (χ1) is 12.7. The minimum atomic E-state index is 0.0517. The van der Waals surface area contributed by atoms with Gasteiger partial charge in [-0.1, -0.05) is 19.1 Å².